The summed E-state index contributed by atoms with van der Waals surface area (Å²) in [6, 6.07) is 12.3. The Hall–Kier alpha value is -3.06. The van der Waals surface area contributed by atoms with Crippen molar-refractivity contribution in [2.45, 2.75) is 25.8 Å². The topological polar surface area (TPSA) is 88.7 Å². The van der Waals surface area contributed by atoms with E-state index in [1.807, 2.05) is 12.1 Å². The van der Waals surface area contributed by atoms with Crippen LogP contribution in [-0.4, -0.2) is 45.7 Å². The first-order valence-corrected chi connectivity index (χ1v) is 10.7. The molecular weight excluding hydrogens is 394 g/mol. The van der Waals surface area contributed by atoms with Gasteiger partial charge in [-0.2, -0.15) is 0 Å². The van der Waals surface area contributed by atoms with Crippen LogP contribution in [-0.2, 0) is 6.54 Å². The molecule has 3 rings (SSSR count). The zero-order valence-corrected chi connectivity index (χ0v) is 18.2. The van der Waals surface area contributed by atoms with Crippen LogP contribution >= 0.6 is 0 Å². The molecule has 2 amide bonds. The number of amides is 2. The van der Waals surface area contributed by atoms with E-state index >= 15 is 0 Å². The maximum atomic E-state index is 12.6. The predicted molar refractivity (Wildman–Crippen MR) is 120 cm³/mol. The van der Waals surface area contributed by atoms with Crippen molar-refractivity contribution in [3.63, 3.8) is 0 Å². The summed E-state index contributed by atoms with van der Waals surface area (Å²) in [4.78, 5) is 25.1. The molecule has 0 bridgehead atoms. The highest BCUT2D eigenvalue weighted by Crippen LogP contribution is 2.27. The molecule has 0 aliphatic carbocycles. The van der Waals surface area contributed by atoms with Crippen molar-refractivity contribution in [3.05, 3.63) is 59.2 Å². The van der Waals surface area contributed by atoms with E-state index in [4.69, 9.17) is 9.47 Å². The van der Waals surface area contributed by atoms with E-state index in [2.05, 4.69) is 16.0 Å². The van der Waals surface area contributed by atoms with Crippen molar-refractivity contribution in [1.82, 2.24) is 16.0 Å². The Bertz CT molecular complexity index is 894. The molecule has 1 aliphatic rings. The van der Waals surface area contributed by atoms with E-state index < -0.39 is 0 Å². The molecule has 2 aromatic rings. The van der Waals surface area contributed by atoms with Gasteiger partial charge < -0.3 is 25.4 Å². The molecule has 1 unspecified atom stereocenters. The first-order valence-electron chi connectivity index (χ1n) is 10.7. The van der Waals surface area contributed by atoms with Gasteiger partial charge in [0.1, 0.15) is 0 Å². The van der Waals surface area contributed by atoms with Gasteiger partial charge in [-0.15, -0.1) is 0 Å². The van der Waals surface area contributed by atoms with Gasteiger partial charge in [-0.1, -0.05) is 12.1 Å². The van der Waals surface area contributed by atoms with Crippen LogP contribution < -0.4 is 25.4 Å². The lowest BCUT2D eigenvalue weighted by molar-refractivity contribution is 0.0950. The summed E-state index contributed by atoms with van der Waals surface area (Å²) in [7, 11) is 3.15. The van der Waals surface area contributed by atoms with Crippen molar-refractivity contribution in [3.8, 4) is 11.5 Å². The molecule has 166 valence electrons. The smallest absolute Gasteiger partial charge is 0.251 e. The molecule has 1 aliphatic heterocycles. The summed E-state index contributed by atoms with van der Waals surface area (Å²) in [6.07, 6.45) is 3.36. The molecule has 0 saturated carbocycles. The third-order valence-electron chi connectivity index (χ3n) is 5.53. The maximum Gasteiger partial charge on any atom is 0.251 e. The second-order valence-corrected chi connectivity index (χ2v) is 7.71. The van der Waals surface area contributed by atoms with Crippen LogP contribution in [0.15, 0.2) is 42.5 Å². The normalized spacial score (nSPS) is 15.7. The molecule has 31 heavy (non-hydrogen) atoms. The molecule has 7 heteroatoms. The summed E-state index contributed by atoms with van der Waals surface area (Å²) in [6.45, 7) is 3.08. The van der Waals surface area contributed by atoms with E-state index in [-0.39, 0.29) is 11.8 Å². The predicted octanol–water partition coefficient (Wildman–Crippen LogP) is 2.75. The molecule has 1 fully saturated rings. The quantitative estimate of drug-likeness (QED) is 0.575. The molecule has 3 N–H and O–H groups in total. The van der Waals surface area contributed by atoms with Crippen LogP contribution in [0.1, 0.15) is 45.5 Å². The summed E-state index contributed by atoms with van der Waals surface area (Å²) in [5.41, 5.74) is 1.82. The minimum Gasteiger partial charge on any atom is -0.493 e. The number of methoxy groups -OCH3 is 2. The Balaban J connectivity index is 1.52. The molecule has 2 aromatic carbocycles. The SMILES string of the molecule is COc1ccc(CNC(=O)c2cccc(C(=O)NCCC3CCCNC3)c2)cc1OC. The maximum absolute atomic E-state index is 12.6. The highest BCUT2D eigenvalue weighted by atomic mass is 16.5. The van der Waals surface area contributed by atoms with E-state index in [1.165, 1.54) is 12.8 Å². The van der Waals surface area contributed by atoms with Gasteiger partial charge in [0.05, 0.1) is 14.2 Å². The van der Waals surface area contributed by atoms with Crippen molar-refractivity contribution in [1.29, 1.82) is 0 Å². The van der Waals surface area contributed by atoms with Gasteiger partial charge in [-0.25, -0.2) is 0 Å². The molecule has 7 nitrogen and oxygen atoms in total. The lowest BCUT2D eigenvalue weighted by Gasteiger charge is -2.22. The van der Waals surface area contributed by atoms with Crippen LogP contribution in [0.4, 0.5) is 0 Å². The second-order valence-electron chi connectivity index (χ2n) is 7.71. The van der Waals surface area contributed by atoms with E-state index in [9.17, 15) is 9.59 Å². The molecule has 0 aromatic heterocycles. The zero-order chi connectivity index (χ0) is 22.1. The van der Waals surface area contributed by atoms with Gasteiger partial charge in [0.25, 0.3) is 11.8 Å². The molecule has 1 saturated heterocycles. The lowest BCUT2D eigenvalue weighted by Crippen LogP contribution is -2.33. The van der Waals surface area contributed by atoms with Crippen LogP contribution in [0.3, 0.4) is 0 Å². The minimum absolute atomic E-state index is 0.154. The monoisotopic (exact) mass is 425 g/mol. The van der Waals surface area contributed by atoms with Crippen LogP contribution in [0.5, 0.6) is 11.5 Å². The van der Waals surface area contributed by atoms with Gasteiger partial charge in [-0.3, -0.25) is 9.59 Å². The summed E-state index contributed by atoms with van der Waals surface area (Å²) < 4.78 is 10.5. The Morgan fingerprint density at radius 1 is 1.00 bits per heavy atom. The number of carbonyl (C=O) groups is 2. The van der Waals surface area contributed by atoms with Crippen molar-refractivity contribution < 1.29 is 19.1 Å². The number of hydrogen-bond donors (Lipinski definition) is 3. The minimum atomic E-state index is -0.238. The Kier molecular flexibility index (Phi) is 8.29. The highest BCUT2D eigenvalue weighted by Gasteiger charge is 2.14. The average Bonchev–Trinajstić information content (AvgIpc) is 2.83. The van der Waals surface area contributed by atoms with Crippen LogP contribution in [0.25, 0.3) is 0 Å². The number of rotatable bonds is 9. The third-order valence-corrected chi connectivity index (χ3v) is 5.53. The summed E-state index contributed by atoms with van der Waals surface area (Å²) >= 11 is 0. The zero-order valence-electron chi connectivity index (χ0n) is 18.2. The average molecular weight is 426 g/mol. The van der Waals surface area contributed by atoms with Gasteiger partial charge >= 0.3 is 0 Å². The lowest BCUT2D eigenvalue weighted by atomic mass is 9.96. The number of carbonyl (C=O) groups excluding carboxylic acids is 2. The largest absolute Gasteiger partial charge is 0.493 e. The van der Waals surface area contributed by atoms with Crippen molar-refractivity contribution in [2.75, 3.05) is 33.9 Å². The fourth-order valence-corrected chi connectivity index (χ4v) is 3.74. The third kappa shape index (κ3) is 6.46. The van der Waals surface area contributed by atoms with E-state index in [0.29, 0.717) is 41.6 Å². The molecular formula is C24H31N3O4. The number of ether oxygens (including phenoxy) is 2. The molecule has 1 atom stereocenters. The Morgan fingerprint density at radius 2 is 1.74 bits per heavy atom. The van der Waals surface area contributed by atoms with E-state index in [0.717, 1.165) is 25.1 Å². The standard InChI is InChI=1S/C24H31N3O4/c1-30-21-9-8-18(13-22(21)31-2)16-27-24(29)20-7-3-6-19(14-20)23(28)26-12-10-17-5-4-11-25-15-17/h3,6-9,13-14,17,25H,4-5,10-12,15-16H2,1-2H3,(H,26,28)(H,27,29). The molecule has 0 radical (unpaired) electrons. The molecule has 0 spiro atoms. The number of piperidine rings is 1. The van der Waals surface area contributed by atoms with Crippen LogP contribution in [0.2, 0.25) is 0 Å². The number of benzene rings is 2. The Morgan fingerprint density at radius 3 is 2.42 bits per heavy atom. The Labute approximate surface area is 183 Å². The van der Waals surface area contributed by atoms with E-state index in [1.54, 1.807) is 44.6 Å². The first-order chi connectivity index (χ1) is 15.1. The van der Waals surface area contributed by atoms with Crippen molar-refractivity contribution in [2.24, 2.45) is 5.92 Å². The first kappa shape index (κ1) is 22.6. The van der Waals surface area contributed by atoms with Crippen molar-refractivity contribution >= 4 is 11.8 Å². The summed E-state index contributed by atoms with van der Waals surface area (Å²) in [5.74, 6) is 1.46. The van der Waals surface area contributed by atoms with Gasteiger partial charge in [-0.05, 0) is 74.2 Å². The number of hydrogen-bond acceptors (Lipinski definition) is 5. The van der Waals surface area contributed by atoms with Gasteiger partial charge in [0, 0.05) is 24.2 Å². The van der Waals surface area contributed by atoms with Gasteiger partial charge in [0.15, 0.2) is 11.5 Å². The highest BCUT2D eigenvalue weighted by molar-refractivity contribution is 5.99. The van der Waals surface area contributed by atoms with Gasteiger partial charge in [0.2, 0.25) is 0 Å². The number of nitrogens with one attached hydrogen (secondary N) is 3. The summed E-state index contributed by atoms with van der Waals surface area (Å²) in [5, 5.41) is 9.24. The fourth-order valence-electron chi connectivity index (χ4n) is 3.74. The molecule has 1 heterocycles. The fraction of sp³-hybridized carbons (Fsp3) is 0.417. The van der Waals surface area contributed by atoms with Crippen LogP contribution in [0, 0.1) is 5.92 Å². The second kappa shape index (κ2) is 11.4.